The zero-order valence-electron chi connectivity index (χ0n) is 10.1. The van der Waals surface area contributed by atoms with Crippen LogP contribution in [-0.4, -0.2) is 15.0 Å². The van der Waals surface area contributed by atoms with E-state index in [9.17, 15) is 0 Å². The summed E-state index contributed by atoms with van der Waals surface area (Å²) in [6, 6.07) is 9.85. The van der Waals surface area contributed by atoms with Gasteiger partial charge in [0.15, 0.2) is 5.82 Å². The molecule has 0 fully saturated rings. The van der Waals surface area contributed by atoms with Crippen LogP contribution in [0.2, 0.25) is 5.15 Å². The van der Waals surface area contributed by atoms with Gasteiger partial charge in [0.1, 0.15) is 5.15 Å². The van der Waals surface area contributed by atoms with Crippen molar-refractivity contribution in [3.05, 3.63) is 51.8 Å². The Balaban J connectivity index is 2.31. The molecule has 2 heterocycles. The Hall–Kier alpha value is -1.52. The number of halogens is 2. The molecule has 0 saturated heterocycles. The fraction of sp³-hybridized carbons (Fsp3) is 0.0714. The Morgan fingerprint density at radius 3 is 2.68 bits per heavy atom. The molecule has 19 heavy (non-hydrogen) atoms. The molecule has 0 aliphatic carbocycles. The Kier molecular flexibility index (Phi) is 3.21. The second-order valence-electron chi connectivity index (χ2n) is 4.12. The Morgan fingerprint density at radius 1 is 1.11 bits per heavy atom. The molecule has 0 unspecified atom stereocenters. The van der Waals surface area contributed by atoms with Gasteiger partial charge in [0.25, 0.3) is 0 Å². The van der Waals surface area contributed by atoms with Crippen molar-refractivity contribution in [2.24, 2.45) is 0 Å². The van der Waals surface area contributed by atoms with Gasteiger partial charge in [-0.05, 0) is 35.0 Å². The standard InChI is InChI=1S/C14H9BrClN3/c1-8-11(15)13(16)19-14(18-8)10-6-2-4-9-5-3-7-17-12(9)10/h2-7H,1H3. The molecular formula is C14H9BrClN3. The van der Waals surface area contributed by atoms with Crippen molar-refractivity contribution >= 4 is 38.4 Å². The number of hydrogen-bond acceptors (Lipinski definition) is 3. The van der Waals surface area contributed by atoms with Crippen molar-refractivity contribution in [3.8, 4) is 11.4 Å². The summed E-state index contributed by atoms with van der Waals surface area (Å²) in [5.74, 6) is 0.593. The fourth-order valence-corrected chi connectivity index (χ4v) is 2.32. The number of hydrogen-bond donors (Lipinski definition) is 0. The maximum Gasteiger partial charge on any atom is 0.163 e. The van der Waals surface area contributed by atoms with E-state index in [1.54, 1.807) is 6.20 Å². The van der Waals surface area contributed by atoms with E-state index in [2.05, 4.69) is 30.9 Å². The number of pyridine rings is 1. The summed E-state index contributed by atoms with van der Waals surface area (Å²) in [5, 5.41) is 1.47. The van der Waals surface area contributed by atoms with E-state index in [1.807, 2.05) is 37.3 Å². The second kappa shape index (κ2) is 4.87. The first-order chi connectivity index (χ1) is 9.16. The van der Waals surface area contributed by atoms with Crippen LogP contribution in [-0.2, 0) is 0 Å². The molecule has 0 saturated carbocycles. The van der Waals surface area contributed by atoms with Gasteiger partial charge in [-0.15, -0.1) is 0 Å². The summed E-state index contributed by atoms with van der Waals surface area (Å²) >= 11 is 9.46. The normalized spacial score (nSPS) is 10.9. The minimum atomic E-state index is 0.412. The Morgan fingerprint density at radius 2 is 1.89 bits per heavy atom. The van der Waals surface area contributed by atoms with Crippen molar-refractivity contribution in [1.82, 2.24) is 15.0 Å². The molecule has 0 amide bonds. The highest BCUT2D eigenvalue weighted by atomic mass is 79.9. The molecule has 2 aromatic heterocycles. The second-order valence-corrected chi connectivity index (χ2v) is 5.27. The zero-order chi connectivity index (χ0) is 13.4. The summed E-state index contributed by atoms with van der Waals surface area (Å²) in [7, 11) is 0. The quantitative estimate of drug-likeness (QED) is 0.618. The molecule has 0 bridgehead atoms. The molecule has 0 atom stereocenters. The number of aryl methyl sites for hydroxylation is 1. The summed E-state index contributed by atoms with van der Waals surface area (Å²) in [5.41, 5.74) is 2.57. The molecule has 5 heteroatoms. The molecule has 0 radical (unpaired) electrons. The average molecular weight is 335 g/mol. The number of para-hydroxylation sites is 1. The van der Waals surface area contributed by atoms with Gasteiger partial charge in [-0.1, -0.05) is 29.8 Å². The summed E-state index contributed by atoms with van der Waals surface area (Å²) in [6.45, 7) is 1.89. The summed E-state index contributed by atoms with van der Waals surface area (Å²) in [4.78, 5) is 13.2. The van der Waals surface area contributed by atoms with Crippen molar-refractivity contribution < 1.29 is 0 Å². The monoisotopic (exact) mass is 333 g/mol. The van der Waals surface area contributed by atoms with Crippen molar-refractivity contribution in [1.29, 1.82) is 0 Å². The van der Waals surface area contributed by atoms with Gasteiger partial charge in [-0.25, -0.2) is 9.97 Å². The third-order valence-corrected chi connectivity index (χ3v) is 4.30. The van der Waals surface area contributed by atoms with Gasteiger partial charge in [-0.3, -0.25) is 4.98 Å². The van der Waals surface area contributed by atoms with Crippen LogP contribution in [0.15, 0.2) is 41.0 Å². The van der Waals surface area contributed by atoms with E-state index in [-0.39, 0.29) is 0 Å². The third-order valence-electron chi connectivity index (χ3n) is 2.85. The molecule has 0 N–H and O–H groups in total. The number of benzene rings is 1. The first-order valence-corrected chi connectivity index (χ1v) is 6.87. The molecule has 0 spiro atoms. The maximum atomic E-state index is 6.10. The van der Waals surface area contributed by atoms with Gasteiger partial charge in [0.2, 0.25) is 0 Å². The van der Waals surface area contributed by atoms with E-state index >= 15 is 0 Å². The average Bonchev–Trinajstić information content (AvgIpc) is 2.43. The van der Waals surface area contributed by atoms with Crippen LogP contribution in [0, 0.1) is 6.92 Å². The molecule has 3 nitrogen and oxygen atoms in total. The SMILES string of the molecule is Cc1nc(-c2cccc3cccnc23)nc(Cl)c1Br. The lowest BCUT2D eigenvalue weighted by Gasteiger charge is -2.07. The van der Waals surface area contributed by atoms with Crippen LogP contribution >= 0.6 is 27.5 Å². The van der Waals surface area contributed by atoms with Gasteiger partial charge >= 0.3 is 0 Å². The van der Waals surface area contributed by atoms with Crippen LogP contribution in [0.3, 0.4) is 0 Å². The van der Waals surface area contributed by atoms with Crippen molar-refractivity contribution in [2.45, 2.75) is 6.92 Å². The van der Waals surface area contributed by atoms with Gasteiger partial charge in [0.05, 0.1) is 15.7 Å². The number of fused-ring (bicyclic) bond motifs is 1. The molecule has 3 aromatic rings. The summed E-state index contributed by atoms with van der Waals surface area (Å²) < 4.78 is 0.728. The first-order valence-electron chi connectivity index (χ1n) is 5.70. The van der Waals surface area contributed by atoms with E-state index in [4.69, 9.17) is 11.6 Å². The lowest BCUT2D eigenvalue weighted by Crippen LogP contribution is -1.95. The van der Waals surface area contributed by atoms with E-state index in [0.29, 0.717) is 11.0 Å². The van der Waals surface area contributed by atoms with Crippen LogP contribution in [0.25, 0.3) is 22.3 Å². The molecular weight excluding hydrogens is 326 g/mol. The smallest absolute Gasteiger partial charge is 0.163 e. The minimum absolute atomic E-state index is 0.412. The van der Waals surface area contributed by atoms with E-state index < -0.39 is 0 Å². The molecule has 94 valence electrons. The Bertz CT molecular complexity index is 745. The van der Waals surface area contributed by atoms with Crippen LogP contribution in [0.4, 0.5) is 0 Å². The van der Waals surface area contributed by atoms with Gasteiger partial charge in [0, 0.05) is 17.1 Å². The van der Waals surface area contributed by atoms with Crippen molar-refractivity contribution in [3.63, 3.8) is 0 Å². The highest BCUT2D eigenvalue weighted by Gasteiger charge is 2.12. The summed E-state index contributed by atoms with van der Waals surface area (Å²) in [6.07, 6.45) is 1.76. The fourth-order valence-electron chi connectivity index (χ4n) is 1.93. The predicted molar refractivity (Wildman–Crippen MR) is 80.2 cm³/mol. The van der Waals surface area contributed by atoms with Crippen LogP contribution < -0.4 is 0 Å². The minimum Gasteiger partial charge on any atom is -0.255 e. The van der Waals surface area contributed by atoms with Gasteiger partial charge < -0.3 is 0 Å². The first kappa shape index (κ1) is 12.5. The molecule has 0 aliphatic rings. The van der Waals surface area contributed by atoms with E-state index in [0.717, 1.165) is 26.6 Å². The lowest BCUT2D eigenvalue weighted by molar-refractivity contribution is 1.09. The van der Waals surface area contributed by atoms with Crippen molar-refractivity contribution in [2.75, 3.05) is 0 Å². The van der Waals surface area contributed by atoms with Gasteiger partial charge in [-0.2, -0.15) is 0 Å². The Labute approximate surface area is 123 Å². The van der Waals surface area contributed by atoms with E-state index in [1.165, 1.54) is 0 Å². The highest BCUT2D eigenvalue weighted by Crippen LogP contribution is 2.29. The van der Waals surface area contributed by atoms with Crippen LogP contribution in [0.5, 0.6) is 0 Å². The lowest BCUT2D eigenvalue weighted by atomic mass is 10.1. The molecule has 0 aliphatic heterocycles. The van der Waals surface area contributed by atoms with Crippen LogP contribution in [0.1, 0.15) is 5.69 Å². The highest BCUT2D eigenvalue weighted by molar-refractivity contribution is 9.10. The number of rotatable bonds is 1. The molecule has 1 aromatic carbocycles. The third kappa shape index (κ3) is 2.22. The zero-order valence-corrected chi connectivity index (χ0v) is 12.4. The predicted octanol–water partition coefficient (Wildman–Crippen LogP) is 4.42. The molecule has 3 rings (SSSR count). The number of nitrogens with zero attached hydrogens (tertiary/aromatic N) is 3. The largest absolute Gasteiger partial charge is 0.255 e. The maximum absolute atomic E-state index is 6.10. The topological polar surface area (TPSA) is 38.7 Å². The number of aromatic nitrogens is 3.